The zero-order valence-corrected chi connectivity index (χ0v) is 13.0. The minimum absolute atomic E-state index is 0.0838. The number of nitrogens with zero attached hydrogens (tertiary/aromatic N) is 1. The Morgan fingerprint density at radius 2 is 2.10 bits per heavy atom. The molecule has 20 heavy (non-hydrogen) atoms. The first kappa shape index (κ1) is 16.7. The molecule has 1 aromatic rings. The Hall–Kier alpha value is -1.31. The van der Waals surface area contributed by atoms with Crippen molar-refractivity contribution >= 4 is 15.7 Å². The molecular formula is C13H23N3O3S. The van der Waals surface area contributed by atoms with E-state index in [0.29, 0.717) is 18.0 Å². The van der Waals surface area contributed by atoms with Crippen LogP contribution in [0.25, 0.3) is 0 Å². The summed E-state index contributed by atoms with van der Waals surface area (Å²) in [6, 6.07) is 6.77. The van der Waals surface area contributed by atoms with Crippen molar-refractivity contribution < 1.29 is 13.2 Å². The van der Waals surface area contributed by atoms with Crippen LogP contribution in [-0.4, -0.2) is 52.4 Å². The second-order valence-corrected chi connectivity index (χ2v) is 6.89. The molecule has 0 amide bonds. The number of rotatable bonds is 8. The molecule has 0 aliphatic carbocycles. The first-order valence-corrected chi connectivity index (χ1v) is 8.07. The fourth-order valence-electron chi connectivity index (χ4n) is 1.82. The van der Waals surface area contributed by atoms with Crippen molar-refractivity contribution in [3.05, 3.63) is 24.3 Å². The van der Waals surface area contributed by atoms with E-state index in [1.54, 1.807) is 24.3 Å². The highest BCUT2D eigenvalue weighted by Gasteiger charge is 2.15. The first-order chi connectivity index (χ1) is 9.28. The summed E-state index contributed by atoms with van der Waals surface area (Å²) in [4.78, 5) is 1.93. The van der Waals surface area contributed by atoms with Gasteiger partial charge in [-0.2, -0.15) is 0 Å². The van der Waals surface area contributed by atoms with Crippen LogP contribution in [0.4, 0.5) is 5.69 Å². The Labute approximate surface area is 121 Å². The summed E-state index contributed by atoms with van der Waals surface area (Å²) in [7, 11) is 0.453. The first-order valence-electron chi connectivity index (χ1n) is 6.41. The summed E-state index contributed by atoms with van der Waals surface area (Å²) in [6.07, 6.45) is 0. The molecule has 0 spiro atoms. The third-order valence-electron chi connectivity index (χ3n) is 2.50. The SMILES string of the molecule is CC(CN(C)C)NS(=O)(=O)CCOc1cccc(N)c1. The van der Waals surface area contributed by atoms with Crippen LogP contribution in [0.15, 0.2) is 24.3 Å². The van der Waals surface area contributed by atoms with E-state index in [2.05, 4.69) is 4.72 Å². The number of nitrogen functional groups attached to an aromatic ring is 1. The average Bonchev–Trinajstić information content (AvgIpc) is 2.26. The molecule has 1 unspecified atom stereocenters. The van der Waals surface area contributed by atoms with Crippen molar-refractivity contribution in [2.45, 2.75) is 13.0 Å². The van der Waals surface area contributed by atoms with E-state index in [4.69, 9.17) is 10.5 Å². The van der Waals surface area contributed by atoms with Gasteiger partial charge in [-0.3, -0.25) is 0 Å². The summed E-state index contributed by atoms with van der Waals surface area (Å²) in [6.45, 7) is 2.57. The summed E-state index contributed by atoms with van der Waals surface area (Å²) in [5.41, 5.74) is 6.20. The number of benzene rings is 1. The van der Waals surface area contributed by atoms with Gasteiger partial charge < -0.3 is 15.4 Å². The highest BCUT2D eigenvalue weighted by Crippen LogP contribution is 2.14. The molecule has 0 fully saturated rings. The van der Waals surface area contributed by atoms with Crippen LogP contribution >= 0.6 is 0 Å². The van der Waals surface area contributed by atoms with Crippen LogP contribution in [-0.2, 0) is 10.0 Å². The smallest absolute Gasteiger partial charge is 0.215 e. The third kappa shape index (κ3) is 6.74. The Balaban J connectivity index is 2.40. The number of hydrogen-bond donors (Lipinski definition) is 2. The molecule has 0 aliphatic heterocycles. The highest BCUT2D eigenvalue weighted by atomic mass is 32.2. The Morgan fingerprint density at radius 1 is 1.40 bits per heavy atom. The topological polar surface area (TPSA) is 84.7 Å². The molecule has 0 radical (unpaired) electrons. The fourth-order valence-corrected chi connectivity index (χ4v) is 2.93. The molecule has 0 saturated heterocycles. The molecule has 0 aromatic heterocycles. The van der Waals surface area contributed by atoms with Crippen molar-refractivity contribution in [2.24, 2.45) is 0 Å². The van der Waals surface area contributed by atoms with Gasteiger partial charge in [0.05, 0.1) is 5.75 Å². The predicted molar refractivity (Wildman–Crippen MR) is 81.3 cm³/mol. The number of ether oxygens (including phenoxy) is 1. The van der Waals surface area contributed by atoms with Gasteiger partial charge in [0.2, 0.25) is 10.0 Å². The Kier molecular flexibility index (Phi) is 6.25. The molecule has 0 bridgehead atoms. The van der Waals surface area contributed by atoms with E-state index in [1.807, 2.05) is 25.9 Å². The van der Waals surface area contributed by atoms with E-state index in [9.17, 15) is 8.42 Å². The van der Waals surface area contributed by atoms with Gasteiger partial charge in [-0.1, -0.05) is 6.07 Å². The average molecular weight is 301 g/mol. The lowest BCUT2D eigenvalue weighted by Crippen LogP contribution is -2.41. The lowest BCUT2D eigenvalue weighted by atomic mass is 10.3. The van der Waals surface area contributed by atoms with Gasteiger partial charge in [-0.25, -0.2) is 13.1 Å². The fraction of sp³-hybridized carbons (Fsp3) is 0.538. The van der Waals surface area contributed by atoms with Gasteiger partial charge >= 0.3 is 0 Å². The van der Waals surface area contributed by atoms with E-state index in [-0.39, 0.29) is 18.4 Å². The van der Waals surface area contributed by atoms with Gasteiger partial charge in [-0.05, 0) is 33.2 Å². The number of sulfonamides is 1. The van der Waals surface area contributed by atoms with E-state index >= 15 is 0 Å². The molecule has 3 N–H and O–H groups in total. The van der Waals surface area contributed by atoms with Crippen molar-refractivity contribution in [3.8, 4) is 5.75 Å². The van der Waals surface area contributed by atoms with Crippen LogP contribution in [0.3, 0.4) is 0 Å². The monoisotopic (exact) mass is 301 g/mol. The molecule has 6 nitrogen and oxygen atoms in total. The predicted octanol–water partition coefficient (Wildman–Crippen LogP) is 0.517. The molecule has 7 heteroatoms. The zero-order valence-electron chi connectivity index (χ0n) is 12.2. The number of nitrogens with two attached hydrogens (primary N) is 1. The van der Waals surface area contributed by atoms with E-state index in [0.717, 1.165) is 0 Å². The molecule has 1 aromatic carbocycles. The number of hydrogen-bond acceptors (Lipinski definition) is 5. The van der Waals surface area contributed by atoms with Crippen LogP contribution < -0.4 is 15.2 Å². The zero-order chi connectivity index (χ0) is 15.2. The quantitative estimate of drug-likeness (QED) is 0.684. The van der Waals surface area contributed by atoms with Gasteiger partial charge in [0.15, 0.2) is 0 Å². The van der Waals surface area contributed by atoms with Crippen molar-refractivity contribution in [1.29, 1.82) is 0 Å². The molecule has 1 atom stereocenters. The summed E-state index contributed by atoms with van der Waals surface area (Å²) in [5, 5.41) is 0. The molecule has 0 heterocycles. The van der Waals surface area contributed by atoms with Crippen LogP contribution in [0.5, 0.6) is 5.75 Å². The number of nitrogens with one attached hydrogen (secondary N) is 1. The Morgan fingerprint density at radius 3 is 2.70 bits per heavy atom. The maximum absolute atomic E-state index is 11.8. The van der Waals surface area contributed by atoms with Gasteiger partial charge in [0, 0.05) is 24.3 Å². The third-order valence-corrected chi connectivity index (χ3v) is 3.96. The Bertz CT molecular complexity index is 517. The van der Waals surface area contributed by atoms with Gasteiger partial charge in [0.25, 0.3) is 0 Å². The van der Waals surface area contributed by atoms with E-state index < -0.39 is 10.0 Å². The second kappa shape index (κ2) is 7.47. The standard InChI is InChI=1S/C13H23N3O3S/c1-11(10-16(2)3)15-20(17,18)8-7-19-13-6-4-5-12(14)9-13/h4-6,9,11,15H,7-8,10,14H2,1-3H3. The normalized spacial score (nSPS) is 13.4. The van der Waals surface area contributed by atoms with Crippen LogP contribution in [0.1, 0.15) is 6.92 Å². The lowest BCUT2D eigenvalue weighted by Gasteiger charge is -2.18. The lowest BCUT2D eigenvalue weighted by molar-refractivity contribution is 0.338. The highest BCUT2D eigenvalue weighted by molar-refractivity contribution is 7.89. The second-order valence-electron chi connectivity index (χ2n) is 5.02. The summed E-state index contributed by atoms with van der Waals surface area (Å²) < 4.78 is 31.7. The summed E-state index contributed by atoms with van der Waals surface area (Å²) in [5.74, 6) is 0.487. The molecular weight excluding hydrogens is 278 g/mol. The van der Waals surface area contributed by atoms with Crippen molar-refractivity contribution in [3.63, 3.8) is 0 Å². The number of likely N-dealkylation sites (N-methyl/N-ethyl adjacent to an activating group) is 1. The van der Waals surface area contributed by atoms with Gasteiger partial charge in [0.1, 0.15) is 12.4 Å². The van der Waals surface area contributed by atoms with Crippen LogP contribution in [0, 0.1) is 0 Å². The molecule has 0 saturated carbocycles. The minimum Gasteiger partial charge on any atom is -0.492 e. The van der Waals surface area contributed by atoms with Gasteiger partial charge in [-0.15, -0.1) is 0 Å². The number of anilines is 1. The van der Waals surface area contributed by atoms with Crippen molar-refractivity contribution in [1.82, 2.24) is 9.62 Å². The van der Waals surface area contributed by atoms with Crippen molar-refractivity contribution in [2.75, 3.05) is 38.7 Å². The molecule has 0 aliphatic rings. The summed E-state index contributed by atoms with van der Waals surface area (Å²) >= 11 is 0. The largest absolute Gasteiger partial charge is 0.492 e. The minimum atomic E-state index is -3.34. The maximum atomic E-state index is 11.8. The van der Waals surface area contributed by atoms with Crippen LogP contribution in [0.2, 0.25) is 0 Å². The molecule has 114 valence electrons. The molecule has 1 rings (SSSR count). The van der Waals surface area contributed by atoms with E-state index in [1.165, 1.54) is 0 Å². The maximum Gasteiger partial charge on any atom is 0.215 e.